The standard InChI is InChI=1S/C33H36N6O3/c1-3-22(2)30-32(40)34-19-24-20-39(33(41)23-10-9-13-26(18-23)42-25-11-5-4-6-12-25)17-16-38(24)21-29-35-28-15-8-7-14-27(28)31(36-29)37-30/h4-15,18,22,24,30H,3,16-17,19-21H2,1-2H3,(H,34,40)(H,35,36,37)/t22?,24?,30-/m0/s1. The summed E-state index contributed by atoms with van der Waals surface area (Å²) in [5.74, 6) is 2.68. The van der Waals surface area contributed by atoms with Crippen LogP contribution in [0.2, 0.25) is 0 Å². The van der Waals surface area contributed by atoms with E-state index in [1.807, 2.05) is 77.7 Å². The summed E-state index contributed by atoms with van der Waals surface area (Å²) < 4.78 is 5.97. The van der Waals surface area contributed by atoms with Gasteiger partial charge in [-0.1, -0.05) is 56.7 Å². The molecule has 1 aromatic heterocycles. The van der Waals surface area contributed by atoms with Gasteiger partial charge in [-0.25, -0.2) is 9.97 Å². The molecule has 2 aliphatic heterocycles. The van der Waals surface area contributed by atoms with Crippen LogP contribution in [0, 0.1) is 5.92 Å². The zero-order valence-corrected chi connectivity index (χ0v) is 24.0. The van der Waals surface area contributed by atoms with E-state index in [9.17, 15) is 9.59 Å². The van der Waals surface area contributed by atoms with Crippen LogP contribution in [0.15, 0.2) is 78.9 Å². The zero-order chi connectivity index (χ0) is 29.1. The van der Waals surface area contributed by atoms with Gasteiger partial charge in [0, 0.05) is 43.2 Å². The quantitative estimate of drug-likeness (QED) is 0.362. The van der Waals surface area contributed by atoms with E-state index >= 15 is 0 Å². The predicted molar refractivity (Wildman–Crippen MR) is 162 cm³/mol. The number of piperazine rings is 1. The fraction of sp³-hybridized carbons (Fsp3) is 0.333. The summed E-state index contributed by atoms with van der Waals surface area (Å²) in [6.45, 7) is 6.78. The first-order chi connectivity index (χ1) is 20.5. The minimum Gasteiger partial charge on any atom is -0.457 e. The molecule has 3 atom stereocenters. The fourth-order valence-electron chi connectivity index (χ4n) is 5.64. The maximum Gasteiger partial charge on any atom is 0.254 e. The first-order valence-electron chi connectivity index (χ1n) is 14.6. The number of nitrogens with zero attached hydrogens (tertiary/aromatic N) is 4. The largest absolute Gasteiger partial charge is 0.457 e. The second-order valence-corrected chi connectivity index (χ2v) is 11.1. The number of hydrogen-bond donors (Lipinski definition) is 2. The summed E-state index contributed by atoms with van der Waals surface area (Å²) in [6.07, 6.45) is 0.839. The number of aromatic nitrogens is 2. The summed E-state index contributed by atoms with van der Waals surface area (Å²) in [7, 11) is 0. The Kier molecular flexibility index (Phi) is 8.01. The Bertz CT molecular complexity index is 1580. The van der Waals surface area contributed by atoms with Crippen molar-refractivity contribution in [3.63, 3.8) is 0 Å². The molecule has 2 amide bonds. The van der Waals surface area contributed by atoms with Crippen LogP contribution in [0.25, 0.3) is 10.9 Å². The van der Waals surface area contributed by atoms with Crippen molar-refractivity contribution >= 4 is 28.5 Å². The summed E-state index contributed by atoms with van der Waals surface area (Å²) in [5.41, 5.74) is 1.41. The highest BCUT2D eigenvalue weighted by molar-refractivity contribution is 5.95. The molecule has 2 bridgehead atoms. The van der Waals surface area contributed by atoms with Gasteiger partial charge in [0.15, 0.2) is 0 Å². The van der Waals surface area contributed by atoms with Gasteiger partial charge in [0.05, 0.1) is 12.1 Å². The molecule has 3 heterocycles. The lowest BCUT2D eigenvalue weighted by molar-refractivity contribution is -0.123. The minimum absolute atomic E-state index is 0.0582. The lowest BCUT2D eigenvalue weighted by Crippen LogP contribution is -2.58. The van der Waals surface area contributed by atoms with Crippen molar-refractivity contribution in [1.82, 2.24) is 25.1 Å². The van der Waals surface area contributed by atoms with Gasteiger partial charge < -0.3 is 20.3 Å². The van der Waals surface area contributed by atoms with Gasteiger partial charge in [0.2, 0.25) is 5.91 Å². The number of benzene rings is 3. The van der Waals surface area contributed by atoms with E-state index in [2.05, 4.69) is 29.4 Å². The molecular weight excluding hydrogens is 528 g/mol. The van der Waals surface area contributed by atoms with Crippen molar-refractivity contribution in [2.75, 3.05) is 31.5 Å². The average molecular weight is 565 g/mol. The molecule has 6 rings (SSSR count). The predicted octanol–water partition coefficient (Wildman–Crippen LogP) is 4.71. The van der Waals surface area contributed by atoms with Crippen LogP contribution >= 0.6 is 0 Å². The molecular formula is C33H36N6O3. The summed E-state index contributed by atoms with van der Waals surface area (Å²) in [5, 5.41) is 7.54. The van der Waals surface area contributed by atoms with Gasteiger partial charge in [-0.05, 0) is 48.4 Å². The lowest BCUT2D eigenvalue weighted by Gasteiger charge is -2.41. The summed E-state index contributed by atoms with van der Waals surface area (Å²) >= 11 is 0. The number of anilines is 1. The van der Waals surface area contributed by atoms with Crippen LogP contribution < -0.4 is 15.4 Å². The highest BCUT2D eigenvalue weighted by Gasteiger charge is 2.33. The van der Waals surface area contributed by atoms with Gasteiger partial charge >= 0.3 is 0 Å². The maximum atomic E-state index is 13.7. The molecule has 42 heavy (non-hydrogen) atoms. The number of fused-ring (bicyclic) bond motifs is 5. The first kappa shape index (κ1) is 27.7. The van der Waals surface area contributed by atoms with Crippen molar-refractivity contribution in [2.45, 2.75) is 38.9 Å². The smallest absolute Gasteiger partial charge is 0.254 e. The second-order valence-electron chi connectivity index (χ2n) is 11.1. The van der Waals surface area contributed by atoms with Crippen molar-refractivity contribution in [1.29, 1.82) is 0 Å². The summed E-state index contributed by atoms with van der Waals surface area (Å²) in [6, 6.07) is 24.2. The highest BCUT2D eigenvalue weighted by Crippen LogP contribution is 2.26. The number of hydrogen-bond acceptors (Lipinski definition) is 7. The van der Waals surface area contributed by atoms with E-state index in [-0.39, 0.29) is 23.8 Å². The molecule has 1 saturated heterocycles. The second kappa shape index (κ2) is 12.2. The van der Waals surface area contributed by atoms with Crippen LogP contribution in [0.4, 0.5) is 5.82 Å². The Labute approximate surface area is 245 Å². The lowest BCUT2D eigenvalue weighted by atomic mass is 9.98. The van der Waals surface area contributed by atoms with E-state index in [1.165, 1.54) is 0 Å². The van der Waals surface area contributed by atoms with Crippen LogP contribution in [-0.2, 0) is 11.3 Å². The van der Waals surface area contributed by atoms with Gasteiger partial charge in [0.1, 0.15) is 29.2 Å². The topological polar surface area (TPSA) is 99.7 Å². The number of carbonyl (C=O) groups is 2. The Morgan fingerprint density at radius 3 is 2.62 bits per heavy atom. The van der Waals surface area contributed by atoms with Crippen molar-refractivity contribution in [3.8, 4) is 11.5 Å². The highest BCUT2D eigenvalue weighted by atomic mass is 16.5. The normalized spacial score (nSPS) is 20.0. The Morgan fingerprint density at radius 2 is 1.79 bits per heavy atom. The molecule has 2 unspecified atom stereocenters. The number of rotatable bonds is 5. The van der Waals surface area contributed by atoms with E-state index in [0.29, 0.717) is 61.4 Å². The molecule has 0 spiro atoms. The third-order valence-corrected chi connectivity index (χ3v) is 8.25. The molecule has 0 saturated carbocycles. The number of para-hydroxylation sites is 2. The molecule has 4 aromatic rings. The molecule has 2 N–H and O–H groups in total. The molecule has 216 valence electrons. The molecule has 2 aliphatic rings. The van der Waals surface area contributed by atoms with Gasteiger partial charge in [-0.3, -0.25) is 14.5 Å². The third kappa shape index (κ3) is 5.92. The zero-order valence-electron chi connectivity index (χ0n) is 24.0. The van der Waals surface area contributed by atoms with Crippen LogP contribution in [0.5, 0.6) is 11.5 Å². The Morgan fingerprint density at radius 1 is 1.00 bits per heavy atom. The van der Waals surface area contributed by atoms with Crippen LogP contribution in [0.3, 0.4) is 0 Å². The number of amides is 2. The molecule has 1 fully saturated rings. The van der Waals surface area contributed by atoms with Crippen LogP contribution in [-0.4, -0.2) is 69.8 Å². The number of carbonyl (C=O) groups excluding carboxylic acids is 2. The third-order valence-electron chi connectivity index (χ3n) is 8.25. The average Bonchev–Trinajstić information content (AvgIpc) is 3.04. The van der Waals surface area contributed by atoms with Crippen molar-refractivity contribution in [2.24, 2.45) is 5.92 Å². The SMILES string of the molecule is CCC(C)[C@@H]1Nc2nc(nc3ccccc23)CN2CCN(C(=O)c3cccc(Oc4ccccc4)c3)CC2CNC1=O. The van der Waals surface area contributed by atoms with Gasteiger partial charge in [-0.15, -0.1) is 0 Å². The van der Waals surface area contributed by atoms with E-state index in [4.69, 9.17) is 14.7 Å². The van der Waals surface area contributed by atoms with E-state index in [0.717, 1.165) is 17.3 Å². The van der Waals surface area contributed by atoms with Crippen molar-refractivity contribution in [3.05, 3.63) is 90.3 Å². The molecule has 9 heteroatoms. The molecule has 9 nitrogen and oxygen atoms in total. The van der Waals surface area contributed by atoms with Crippen LogP contribution in [0.1, 0.15) is 36.5 Å². The Balaban J connectivity index is 1.25. The monoisotopic (exact) mass is 564 g/mol. The first-order valence-corrected chi connectivity index (χ1v) is 14.6. The number of ether oxygens (including phenoxy) is 1. The minimum atomic E-state index is -0.443. The maximum absolute atomic E-state index is 13.7. The fourth-order valence-corrected chi connectivity index (χ4v) is 5.64. The number of nitrogens with one attached hydrogen (secondary N) is 2. The molecule has 0 aliphatic carbocycles. The van der Waals surface area contributed by atoms with E-state index in [1.54, 1.807) is 6.07 Å². The molecule has 0 radical (unpaired) electrons. The molecule has 3 aromatic carbocycles. The Hall–Kier alpha value is -4.50. The van der Waals surface area contributed by atoms with Gasteiger partial charge in [0.25, 0.3) is 5.91 Å². The van der Waals surface area contributed by atoms with E-state index < -0.39 is 6.04 Å². The van der Waals surface area contributed by atoms with Crippen molar-refractivity contribution < 1.29 is 14.3 Å². The summed E-state index contributed by atoms with van der Waals surface area (Å²) in [4.78, 5) is 41.1. The van der Waals surface area contributed by atoms with Gasteiger partial charge in [-0.2, -0.15) is 0 Å².